The van der Waals surface area contributed by atoms with Crippen LogP contribution in [0.2, 0.25) is 0 Å². The second-order valence-corrected chi connectivity index (χ2v) is 7.97. The maximum absolute atomic E-state index is 12.5. The third kappa shape index (κ3) is 3.55. The SMILES string of the molecule is O=Cc1c(-c2ccccc2)c2ccc(NS(=O)(=O)c3ccccc3)cc2oc1=O. The molecule has 1 heterocycles. The predicted molar refractivity (Wildman–Crippen MR) is 111 cm³/mol. The van der Waals surface area contributed by atoms with Gasteiger partial charge in [-0.2, -0.15) is 0 Å². The molecular formula is C22H15NO5S. The number of carbonyl (C=O) groups is 1. The van der Waals surface area contributed by atoms with Gasteiger partial charge in [-0.3, -0.25) is 9.52 Å². The molecule has 0 unspecified atom stereocenters. The minimum Gasteiger partial charge on any atom is -0.422 e. The van der Waals surface area contributed by atoms with Crippen LogP contribution in [0.3, 0.4) is 0 Å². The van der Waals surface area contributed by atoms with Gasteiger partial charge in [-0.15, -0.1) is 0 Å². The third-order valence-corrected chi connectivity index (χ3v) is 5.83. The molecule has 0 aliphatic rings. The van der Waals surface area contributed by atoms with Gasteiger partial charge >= 0.3 is 5.63 Å². The van der Waals surface area contributed by atoms with Crippen LogP contribution in [-0.4, -0.2) is 14.7 Å². The first-order chi connectivity index (χ1) is 14.0. The van der Waals surface area contributed by atoms with Crippen molar-refractivity contribution in [2.45, 2.75) is 4.90 Å². The zero-order chi connectivity index (χ0) is 20.4. The molecule has 0 bridgehead atoms. The van der Waals surface area contributed by atoms with Crippen molar-refractivity contribution in [1.29, 1.82) is 0 Å². The summed E-state index contributed by atoms with van der Waals surface area (Å²) >= 11 is 0. The fraction of sp³-hybridized carbons (Fsp3) is 0. The molecular weight excluding hydrogens is 390 g/mol. The van der Waals surface area contributed by atoms with E-state index in [9.17, 15) is 18.0 Å². The normalized spacial score (nSPS) is 11.3. The lowest BCUT2D eigenvalue weighted by Gasteiger charge is -2.11. The zero-order valence-electron chi connectivity index (χ0n) is 15.0. The van der Waals surface area contributed by atoms with Gasteiger partial charge in [-0.25, -0.2) is 13.2 Å². The second kappa shape index (κ2) is 7.37. The summed E-state index contributed by atoms with van der Waals surface area (Å²) in [6, 6.07) is 21.5. The zero-order valence-corrected chi connectivity index (χ0v) is 15.8. The van der Waals surface area contributed by atoms with E-state index in [0.29, 0.717) is 22.8 Å². The Morgan fingerprint density at radius 1 is 0.862 bits per heavy atom. The van der Waals surface area contributed by atoms with Crippen LogP contribution >= 0.6 is 0 Å². The van der Waals surface area contributed by atoms with Crippen molar-refractivity contribution in [3.8, 4) is 11.1 Å². The van der Waals surface area contributed by atoms with Gasteiger partial charge in [0.15, 0.2) is 6.29 Å². The molecule has 144 valence electrons. The van der Waals surface area contributed by atoms with Gasteiger partial charge in [0.05, 0.1) is 10.6 Å². The Kier molecular flexibility index (Phi) is 4.74. The van der Waals surface area contributed by atoms with Crippen molar-refractivity contribution in [1.82, 2.24) is 0 Å². The summed E-state index contributed by atoms with van der Waals surface area (Å²) in [5.41, 5.74) is 0.681. The molecule has 0 aliphatic heterocycles. The topological polar surface area (TPSA) is 93.4 Å². The smallest absolute Gasteiger partial charge is 0.347 e. The first kappa shape index (κ1) is 18.6. The standard InChI is InChI=1S/C22H15NO5S/c24-14-19-21(15-7-3-1-4-8-15)18-12-11-16(13-20(18)28-22(19)25)23-29(26,27)17-9-5-2-6-10-17/h1-14,23H. The largest absolute Gasteiger partial charge is 0.422 e. The van der Waals surface area contributed by atoms with Gasteiger partial charge in [0, 0.05) is 17.0 Å². The van der Waals surface area contributed by atoms with Crippen LogP contribution in [0.15, 0.2) is 93.0 Å². The molecule has 0 saturated carbocycles. The van der Waals surface area contributed by atoms with E-state index < -0.39 is 15.6 Å². The lowest BCUT2D eigenvalue weighted by atomic mass is 9.97. The van der Waals surface area contributed by atoms with Crippen molar-refractivity contribution in [3.63, 3.8) is 0 Å². The second-order valence-electron chi connectivity index (χ2n) is 6.29. The van der Waals surface area contributed by atoms with Gasteiger partial charge in [0.25, 0.3) is 10.0 Å². The van der Waals surface area contributed by atoms with E-state index in [0.717, 1.165) is 0 Å². The van der Waals surface area contributed by atoms with Crippen LogP contribution in [0.4, 0.5) is 5.69 Å². The van der Waals surface area contributed by atoms with Crippen LogP contribution in [0.1, 0.15) is 10.4 Å². The molecule has 0 saturated heterocycles. The van der Waals surface area contributed by atoms with Crippen molar-refractivity contribution in [3.05, 3.63) is 94.8 Å². The van der Waals surface area contributed by atoms with Crippen LogP contribution in [0, 0.1) is 0 Å². The Morgan fingerprint density at radius 2 is 1.52 bits per heavy atom. The van der Waals surface area contributed by atoms with Crippen LogP contribution in [-0.2, 0) is 10.0 Å². The summed E-state index contributed by atoms with van der Waals surface area (Å²) < 4.78 is 32.8. The maximum Gasteiger partial charge on any atom is 0.347 e. The number of fused-ring (bicyclic) bond motifs is 1. The predicted octanol–water partition coefficient (Wildman–Crippen LogP) is 4.07. The molecule has 0 amide bonds. The number of anilines is 1. The molecule has 1 aromatic heterocycles. The van der Waals surface area contributed by atoms with Crippen LogP contribution < -0.4 is 10.3 Å². The Labute approximate surface area is 166 Å². The molecule has 4 aromatic rings. The average molecular weight is 405 g/mol. The van der Waals surface area contributed by atoms with E-state index >= 15 is 0 Å². The number of nitrogens with one attached hydrogen (secondary N) is 1. The third-order valence-electron chi connectivity index (χ3n) is 4.43. The highest BCUT2D eigenvalue weighted by molar-refractivity contribution is 7.92. The summed E-state index contributed by atoms with van der Waals surface area (Å²) in [6.45, 7) is 0. The average Bonchev–Trinajstić information content (AvgIpc) is 2.73. The molecule has 0 spiro atoms. The number of hydrogen-bond donors (Lipinski definition) is 1. The van der Waals surface area contributed by atoms with Crippen molar-refractivity contribution >= 4 is 33.0 Å². The first-order valence-electron chi connectivity index (χ1n) is 8.69. The molecule has 4 rings (SSSR count). The fourth-order valence-electron chi connectivity index (χ4n) is 3.12. The quantitative estimate of drug-likeness (QED) is 0.399. The molecule has 3 aromatic carbocycles. The van der Waals surface area contributed by atoms with Gasteiger partial charge in [0.1, 0.15) is 11.1 Å². The van der Waals surface area contributed by atoms with Gasteiger partial charge in [0.2, 0.25) is 0 Å². The highest BCUT2D eigenvalue weighted by Gasteiger charge is 2.18. The van der Waals surface area contributed by atoms with Crippen molar-refractivity contribution in [2.24, 2.45) is 0 Å². The minimum atomic E-state index is -3.79. The van der Waals surface area contributed by atoms with Crippen molar-refractivity contribution in [2.75, 3.05) is 4.72 Å². The summed E-state index contributed by atoms with van der Waals surface area (Å²) in [5, 5.41) is 0.528. The number of hydrogen-bond acceptors (Lipinski definition) is 5. The van der Waals surface area contributed by atoms with E-state index in [2.05, 4.69) is 4.72 Å². The van der Waals surface area contributed by atoms with Crippen molar-refractivity contribution < 1.29 is 17.6 Å². The van der Waals surface area contributed by atoms with E-state index in [1.54, 1.807) is 54.6 Å². The van der Waals surface area contributed by atoms with Crippen LogP contribution in [0.25, 0.3) is 22.1 Å². The Hall–Kier alpha value is -3.71. The lowest BCUT2D eigenvalue weighted by Crippen LogP contribution is -2.13. The molecule has 0 radical (unpaired) electrons. The number of rotatable bonds is 5. The van der Waals surface area contributed by atoms with E-state index in [4.69, 9.17) is 4.42 Å². The molecule has 29 heavy (non-hydrogen) atoms. The molecule has 1 N–H and O–H groups in total. The van der Waals surface area contributed by atoms with Gasteiger partial charge in [-0.1, -0.05) is 48.5 Å². The monoisotopic (exact) mass is 405 g/mol. The molecule has 0 fully saturated rings. The maximum atomic E-state index is 12.5. The molecule has 6 nitrogen and oxygen atoms in total. The van der Waals surface area contributed by atoms with Crippen LogP contribution in [0.5, 0.6) is 0 Å². The van der Waals surface area contributed by atoms with E-state index in [-0.39, 0.29) is 21.7 Å². The number of benzene rings is 3. The Balaban J connectivity index is 1.86. The lowest BCUT2D eigenvalue weighted by molar-refractivity contribution is 0.112. The number of sulfonamides is 1. The minimum absolute atomic E-state index is 0.0821. The molecule has 7 heteroatoms. The first-order valence-corrected chi connectivity index (χ1v) is 10.2. The van der Waals surface area contributed by atoms with E-state index in [1.807, 2.05) is 6.07 Å². The Bertz CT molecular complexity index is 1360. The van der Waals surface area contributed by atoms with Gasteiger partial charge < -0.3 is 4.42 Å². The summed E-state index contributed by atoms with van der Waals surface area (Å²) in [7, 11) is -3.79. The highest BCUT2D eigenvalue weighted by atomic mass is 32.2. The van der Waals surface area contributed by atoms with E-state index in [1.165, 1.54) is 18.2 Å². The Morgan fingerprint density at radius 3 is 2.17 bits per heavy atom. The molecule has 0 atom stereocenters. The summed E-state index contributed by atoms with van der Waals surface area (Å²) in [5.74, 6) is 0. The molecule has 0 aliphatic carbocycles. The highest BCUT2D eigenvalue weighted by Crippen LogP contribution is 2.31. The number of aldehydes is 1. The van der Waals surface area contributed by atoms with Gasteiger partial charge in [-0.05, 0) is 29.8 Å². The number of carbonyl (C=O) groups excluding carboxylic acids is 1. The summed E-state index contributed by atoms with van der Waals surface area (Å²) in [6.07, 6.45) is 0.472. The fourth-order valence-corrected chi connectivity index (χ4v) is 4.19. The summed E-state index contributed by atoms with van der Waals surface area (Å²) in [4.78, 5) is 24.0.